The molecule has 1 aromatic carbocycles. The minimum Gasteiger partial charge on any atom is -0.297 e. The van der Waals surface area contributed by atoms with Crippen LogP contribution in [0.5, 0.6) is 0 Å². The van der Waals surface area contributed by atoms with Crippen LogP contribution in [0.15, 0.2) is 40.6 Å². The third-order valence-corrected chi connectivity index (χ3v) is 7.92. The van der Waals surface area contributed by atoms with E-state index in [9.17, 15) is 22.0 Å². The van der Waals surface area contributed by atoms with E-state index >= 15 is 0 Å². The first kappa shape index (κ1) is 19.1. The van der Waals surface area contributed by atoms with E-state index in [2.05, 4.69) is 10.3 Å². The predicted molar refractivity (Wildman–Crippen MR) is 102 cm³/mol. The molecule has 0 aliphatic carbocycles. The van der Waals surface area contributed by atoms with E-state index < -0.39 is 26.6 Å². The highest BCUT2D eigenvalue weighted by Crippen LogP contribution is 2.32. The second kappa shape index (κ2) is 7.32. The van der Waals surface area contributed by atoms with E-state index in [0.29, 0.717) is 33.1 Å². The number of nitrogens with one attached hydrogen (secondary N) is 1. The Morgan fingerprint density at radius 3 is 2.79 bits per heavy atom. The SMILES string of the molecule is O=C(Nc1nc2c(s1)CN(S(=O)(=O)c1ccc(F)cc1F)CC2)c1cccs1. The van der Waals surface area contributed by atoms with Crippen molar-refractivity contribution in [3.63, 3.8) is 0 Å². The molecule has 3 heterocycles. The summed E-state index contributed by atoms with van der Waals surface area (Å²) in [6, 6.07) is 5.85. The number of amides is 1. The molecule has 1 aliphatic heterocycles. The summed E-state index contributed by atoms with van der Waals surface area (Å²) < 4.78 is 53.7. The molecule has 3 aromatic rings. The lowest BCUT2D eigenvalue weighted by atomic mass is 10.2. The Hall–Kier alpha value is -2.21. The number of aromatic nitrogens is 1. The number of hydrogen-bond donors (Lipinski definition) is 1. The van der Waals surface area contributed by atoms with E-state index in [-0.39, 0.29) is 19.0 Å². The Bertz CT molecular complexity index is 1140. The molecule has 1 aliphatic rings. The maximum atomic E-state index is 14.0. The molecule has 0 bridgehead atoms. The molecule has 1 amide bonds. The Labute approximate surface area is 167 Å². The zero-order chi connectivity index (χ0) is 19.9. The lowest BCUT2D eigenvalue weighted by Gasteiger charge is -2.25. The minimum absolute atomic E-state index is 0.0149. The van der Waals surface area contributed by atoms with Gasteiger partial charge in [0.05, 0.1) is 17.1 Å². The molecule has 1 N–H and O–H groups in total. The van der Waals surface area contributed by atoms with Crippen LogP contribution in [0.4, 0.5) is 13.9 Å². The predicted octanol–water partition coefficient (Wildman–Crippen LogP) is 3.48. The summed E-state index contributed by atoms with van der Waals surface area (Å²) in [6.45, 7) is 0.134. The van der Waals surface area contributed by atoms with Crippen molar-refractivity contribution >= 4 is 43.7 Å². The summed E-state index contributed by atoms with van der Waals surface area (Å²) in [5.74, 6) is -2.25. The number of halogens is 2. The smallest absolute Gasteiger partial charge is 0.267 e. The third-order valence-electron chi connectivity index (χ3n) is 4.17. The van der Waals surface area contributed by atoms with Gasteiger partial charge in [-0.05, 0) is 23.6 Å². The van der Waals surface area contributed by atoms with Crippen LogP contribution in [-0.2, 0) is 23.0 Å². The van der Waals surface area contributed by atoms with Gasteiger partial charge < -0.3 is 0 Å². The van der Waals surface area contributed by atoms with E-state index in [4.69, 9.17) is 0 Å². The van der Waals surface area contributed by atoms with E-state index in [1.165, 1.54) is 22.7 Å². The first-order chi connectivity index (χ1) is 13.3. The molecule has 11 heteroatoms. The fourth-order valence-electron chi connectivity index (χ4n) is 2.82. The number of sulfonamides is 1. The molecular weight excluding hydrogens is 428 g/mol. The summed E-state index contributed by atoms with van der Waals surface area (Å²) in [5, 5.41) is 4.89. The second-order valence-corrected chi connectivity index (χ2v) is 9.92. The van der Waals surface area contributed by atoms with E-state index in [1.807, 2.05) is 0 Å². The molecule has 0 radical (unpaired) electrons. The van der Waals surface area contributed by atoms with Gasteiger partial charge in [-0.3, -0.25) is 10.1 Å². The number of thiophene rings is 1. The van der Waals surface area contributed by atoms with Crippen LogP contribution in [0.2, 0.25) is 0 Å². The molecule has 0 saturated heterocycles. The maximum Gasteiger partial charge on any atom is 0.267 e. The molecule has 28 heavy (non-hydrogen) atoms. The van der Waals surface area contributed by atoms with Gasteiger partial charge >= 0.3 is 0 Å². The van der Waals surface area contributed by atoms with Gasteiger partial charge in [0.2, 0.25) is 10.0 Å². The molecule has 6 nitrogen and oxygen atoms in total. The monoisotopic (exact) mass is 441 g/mol. The van der Waals surface area contributed by atoms with Crippen LogP contribution in [0.25, 0.3) is 0 Å². The minimum atomic E-state index is -4.12. The zero-order valence-corrected chi connectivity index (χ0v) is 16.6. The number of nitrogens with zero attached hydrogens (tertiary/aromatic N) is 2. The van der Waals surface area contributed by atoms with Crippen molar-refractivity contribution in [2.45, 2.75) is 17.9 Å². The van der Waals surface area contributed by atoms with Gasteiger partial charge in [0.25, 0.3) is 5.91 Å². The summed E-state index contributed by atoms with van der Waals surface area (Å²) in [4.78, 5) is 17.2. The van der Waals surface area contributed by atoms with Crippen LogP contribution in [0.3, 0.4) is 0 Å². The molecule has 0 saturated carbocycles. The zero-order valence-electron chi connectivity index (χ0n) is 14.2. The molecule has 2 aromatic heterocycles. The number of fused-ring (bicyclic) bond motifs is 1. The number of carbonyl (C=O) groups is 1. The average Bonchev–Trinajstić information content (AvgIpc) is 3.30. The second-order valence-electron chi connectivity index (χ2n) is 5.98. The number of anilines is 1. The summed E-state index contributed by atoms with van der Waals surface area (Å²) in [6.07, 6.45) is 0.336. The fourth-order valence-corrected chi connectivity index (χ4v) is 5.99. The topological polar surface area (TPSA) is 79.4 Å². The average molecular weight is 442 g/mol. The van der Waals surface area contributed by atoms with Crippen molar-refractivity contribution in [2.24, 2.45) is 0 Å². The van der Waals surface area contributed by atoms with E-state index in [1.54, 1.807) is 17.5 Å². The van der Waals surface area contributed by atoms with Gasteiger partial charge in [0.15, 0.2) is 5.13 Å². The lowest BCUT2D eigenvalue weighted by Crippen LogP contribution is -2.36. The van der Waals surface area contributed by atoms with E-state index in [0.717, 1.165) is 16.4 Å². The third kappa shape index (κ3) is 3.58. The van der Waals surface area contributed by atoms with Crippen LogP contribution >= 0.6 is 22.7 Å². The Balaban J connectivity index is 1.55. The molecule has 4 rings (SSSR count). The van der Waals surface area contributed by atoms with Gasteiger partial charge in [-0.25, -0.2) is 22.2 Å². The molecular formula is C17H13F2N3O3S3. The molecule has 0 atom stereocenters. The largest absolute Gasteiger partial charge is 0.297 e. The highest BCUT2D eigenvalue weighted by Gasteiger charge is 2.32. The van der Waals surface area contributed by atoms with Gasteiger partial charge in [-0.15, -0.1) is 22.7 Å². The van der Waals surface area contributed by atoms with Crippen molar-refractivity contribution in [2.75, 3.05) is 11.9 Å². The van der Waals surface area contributed by atoms with Gasteiger partial charge in [-0.2, -0.15) is 4.31 Å². The van der Waals surface area contributed by atoms with Crippen molar-refractivity contribution in [3.05, 3.63) is 62.8 Å². The Morgan fingerprint density at radius 2 is 2.07 bits per heavy atom. The van der Waals surface area contributed by atoms with Gasteiger partial charge in [0, 0.05) is 23.9 Å². The van der Waals surface area contributed by atoms with Crippen LogP contribution < -0.4 is 5.32 Å². The highest BCUT2D eigenvalue weighted by molar-refractivity contribution is 7.89. The van der Waals surface area contributed by atoms with Crippen LogP contribution in [0, 0.1) is 11.6 Å². The van der Waals surface area contributed by atoms with Crippen molar-refractivity contribution in [1.82, 2.24) is 9.29 Å². The fraction of sp³-hybridized carbons (Fsp3) is 0.176. The van der Waals surface area contributed by atoms with Crippen molar-refractivity contribution in [1.29, 1.82) is 0 Å². The molecule has 146 valence electrons. The summed E-state index contributed by atoms with van der Waals surface area (Å²) in [7, 11) is -4.12. The lowest BCUT2D eigenvalue weighted by molar-refractivity contribution is 0.103. The first-order valence-electron chi connectivity index (χ1n) is 8.13. The molecule has 0 fully saturated rings. The Kier molecular flexibility index (Phi) is 5.00. The number of carbonyl (C=O) groups excluding carboxylic acids is 1. The summed E-state index contributed by atoms with van der Waals surface area (Å²) >= 11 is 2.49. The highest BCUT2D eigenvalue weighted by atomic mass is 32.2. The Morgan fingerprint density at radius 1 is 1.25 bits per heavy atom. The standard InChI is InChI=1S/C17H13F2N3O3S3/c18-10-3-4-15(11(19)8-10)28(24,25)22-6-5-12-14(9-22)27-17(20-12)21-16(23)13-2-1-7-26-13/h1-4,7-8H,5-6,9H2,(H,20,21,23). The van der Waals surface area contributed by atoms with Gasteiger partial charge in [-0.1, -0.05) is 6.07 Å². The summed E-state index contributed by atoms with van der Waals surface area (Å²) in [5.41, 5.74) is 0.706. The number of benzene rings is 1. The van der Waals surface area contributed by atoms with Crippen molar-refractivity contribution in [3.8, 4) is 0 Å². The number of thiazole rings is 1. The van der Waals surface area contributed by atoms with Gasteiger partial charge in [0.1, 0.15) is 16.5 Å². The normalized spacial score (nSPS) is 14.6. The van der Waals surface area contributed by atoms with Crippen LogP contribution in [-0.4, -0.2) is 30.2 Å². The molecule has 0 spiro atoms. The maximum absolute atomic E-state index is 14.0. The molecule has 0 unspecified atom stereocenters. The quantitative estimate of drug-likeness (QED) is 0.672. The first-order valence-corrected chi connectivity index (χ1v) is 11.3. The van der Waals surface area contributed by atoms with Crippen molar-refractivity contribution < 1.29 is 22.0 Å². The van der Waals surface area contributed by atoms with Crippen LogP contribution in [0.1, 0.15) is 20.2 Å². The number of hydrogen-bond acceptors (Lipinski definition) is 6. The number of rotatable bonds is 4.